The molecule has 5 nitrogen and oxygen atoms in total. The number of carbonyl (C=O) groups is 1. The number of aryl methyl sites for hydroxylation is 1. The van der Waals surface area contributed by atoms with Crippen molar-refractivity contribution in [2.75, 3.05) is 6.54 Å². The van der Waals surface area contributed by atoms with Crippen molar-refractivity contribution in [1.82, 2.24) is 14.8 Å². The molecule has 2 amide bonds. The number of carbonyl (C=O) groups excluding carboxylic acids is 1. The van der Waals surface area contributed by atoms with Crippen LogP contribution in [0, 0.1) is 5.92 Å². The minimum atomic E-state index is -0.366. The summed E-state index contributed by atoms with van der Waals surface area (Å²) in [7, 11) is 1.97. The van der Waals surface area contributed by atoms with E-state index in [-0.39, 0.29) is 18.2 Å². The van der Waals surface area contributed by atoms with Gasteiger partial charge >= 0.3 is 6.03 Å². The molecule has 0 radical (unpaired) electrons. The minimum Gasteiger partial charge on any atom is -0.391 e. The molecule has 1 aromatic heterocycles. The van der Waals surface area contributed by atoms with E-state index in [9.17, 15) is 9.90 Å². The van der Waals surface area contributed by atoms with E-state index in [2.05, 4.69) is 5.32 Å². The lowest BCUT2D eigenvalue weighted by Crippen LogP contribution is -2.46. The second-order valence-corrected chi connectivity index (χ2v) is 6.85. The molecule has 1 saturated heterocycles. The fraction of sp³-hybridized carbons (Fsp3) is 0.706. The summed E-state index contributed by atoms with van der Waals surface area (Å²) in [5.74, 6) is 0.563. The zero-order valence-corrected chi connectivity index (χ0v) is 13.4. The van der Waals surface area contributed by atoms with Gasteiger partial charge in [-0.25, -0.2) is 4.79 Å². The van der Waals surface area contributed by atoms with Gasteiger partial charge in [0.05, 0.1) is 6.10 Å². The molecule has 1 aromatic rings. The Labute approximate surface area is 132 Å². The highest BCUT2D eigenvalue weighted by atomic mass is 16.3. The lowest BCUT2D eigenvalue weighted by Gasteiger charge is -2.33. The minimum absolute atomic E-state index is 0.0315. The molecule has 22 heavy (non-hydrogen) atoms. The number of likely N-dealkylation sites (tertiary alicyclic amines) is 1. The molecule has 0 aromatic carbocycles. The predicted molar refractivity (Wildman–Crippen MR) is 85.3 cm³/mol. The standard InChI is InChI=1S/C17H27N3O2/c1-19-8-7-13(11-19)10-18-17(22)20-12-15(21)9-16(20)14-5-3-2-4-6-14/h7-8,11,14-16,21H,2-6,9-10,12H2,1H3,(H,18,22). The van der Waals surface area contributed by atoms with Crippen molar-refractivity contribution >= 4 is 6.03 Å². The van der Waals surface area contributed by atoms with Gasteiger partial charge in [-0.1, -0.05) is 19.3 Å². The summed E-state index contributed by atoms with van der Waals surface area (Å²) in [6, 6.07) is 2.19. The van der Waals surface area contributed by atoms with E-state index in [4.69, 9.17) is 0 Å². The van der Waals surface area contributed by atoms with Crippen molar-refractivity contribution in [3.8, 4) is 0 Å². The predicted octanol–water partition coefficient (Wildman–Crippen LogP) is 2.25. The molecule has 2 N–H and O–H groups in total. The second-order valence-electron chi connectivity index (χ2n) is 6.85. The Morgan fingerprint density at radius 2 is 2.14 bits per heavy atom. The van der Waals surface area contributed by atoms with E-state index in [1.807, 2.05) is 35.0 Å². The fourth-order valence-electron chi connectivity index (χ4n) is 3.99. The Morgan fingerprint density at radius 3 is 2.82 bits per heavy atom. The maximum atomic E-state index is 12.5. The molecule has 1 aliphatic heterocycles. The van der Waals surface area contributed by atoms with Gasteiger partial charge in [0.15, 0.2) is 0 Å². The summed E-state index contributed by atoms with van der Waals surface area (Å²) in [6.45, 7) is 1.02. The highest BCUT2D eigenvalue weighted by molar-refractivity contribution is 5.75. The first kappa shape index (κ1) is 15.4. The topological polar surface area (TPSA) is 57.5 Å². The first-order valence-corrected chi connectivity index (χ1v) is 8.47. The normalized spacial score (nSPS) is 26.4. The summed E-state index contributed by atoms with van der Waals surface area (Å²) in [4.78, 5) is 14.4. The average Bonchev–Trinajstić information content (AvgIpc) is 3.11. The van der Waals surface area contributed by atoms with E-state index < -0.39 is 0 Å². The van der Waals surface area contributed by atoms with Gasteiger partial charge < -0.3 is 19.9 Å². The molecular weight excluding hydrogens is 278 g/mol. The maximum absolute atomic E-state index is 12.5. The smallest absolute Gasteiger partial charge is 0.318 e. The SMILES string of the molecule is Cn1ccc(CNC(=O)N2CC(O)CC2C2CCCCC2)c1. The van der Waals surface area contributed by atoms with Gasteiger partial charge in [0, 0.05) is 38.6 Å². The first-order chi connectivity index (χ1) is 10.6. The van der Waals surface area contributed by atoms with Gasteiger partial charge in [0.2, 0.25) is 0 Å². The molecular formula is C17H27N3O2. The van der Waals surface area contributed by atoms with Crippen LogP contribution in [-0.2, 0) is 13.6 Å². The van der Waals surface area contributed by atoms with Gasteiger partial charge in [-0.15, -0.1) is 0 Å². The first-order valence-electron chi connectivity index (χ1n) is 8.47. The van der Waals surface area contributed by atoms with E-state index in [1.54, 1.807) is 0 Å². The zero-order valence-electron chi connectivity index (χ0n) is 13.4. The lowest BCUT2D eigenvalue weighted by molar-refractivity contribution is 0.153. The maximum Gasteiger partial charge on any atom is 0.318 e. The molecule has 0 spiro atoms. The van der Waals surface area contributed by atoms with Gasteiger partial charge in [-0.2, -0.15) is 0 Å². The largest absolute Gasteiger partial charge is 0.391 e. The number of rotatable bonds is 3. The van der Waals surface area contributed by atoms with E-state index in [0.29, 0.717) is 19.0 Å². The van der Waals surface area contributed by atoms with Crippen LogP contribution in [0.2, 0.25) is 0 Å². The zero-order chi connectivity index (χ0) is 15.5. The number of hydrogen-bond donors (Lipinski definition) is 2. The van der Waals surface area contributed by atoms with Crippen LogP contribution in [0.25, 0.3) is 0 Å². The monoisotopic (exact) mass is 305 g/mol. The number of aliphatic hydroxyl groups is 1. The Bertz CT molecular complexity index is 508. The van der Waals surface area contributed by atoms with E-state index >= 15 is 0 Å². The number of β-amino-alcohol motifs (C(OH)–C–C–N with tert-alkyl or cyclic N) is 1. The van der Waals surface area contributed by atoms with Gasteiger partial charge in [0.1, 0.15) is 0 Å². The van der Waals surface area contributed by atoms with E-state index in [0.717, 1.165) is 12.0 Å². The summed E-state index contributed by atoms with van der Waals surface area (Å²) < 4.78 is 1.98. The number of nitrogens with zero attached hydrogens (tertiary/aromatic N) is 2. The molecule has 122 valence electrons. The number of aliphatic hydroxyl groups excluding tert-OH is 1. The number of amides is 2. The fourth-order valence-corrected chi connectivity index (χ4v) is 3.99. The number of nitrogens with one attached hydrogen (secondary N) is 1. The van der Waals surface area contributed by atoms with Crippen LogP contribution < -0.4 is 5.32 Å². The summed E-state index contributed by atoms with van der Waals surface area (Å²) >= 11 is 0. The van der Waals surface area contributed by atoms with Crippen molar-refractivity contribution in [2.24, 2.45) is 13.0 Å². The van der Waals surface area contributed by atoms with Crippen molar-refractivity contribution in [3.63, 3.8) is 0 Å². The quantitative estimate of drug-likeness (QED) is 0.900. The van der Waals surface area contributed by atoms with E-state index in [1.165, 1.54) is 32.1 Å². The lowest BCUT2D eigenvalue weighted by atomic mass is 9.83. The molecule has 1 aliphatic carbocycles. The second kappa shape index (κ2) is 6.73. The Balaban J connectivity index is 1.59. The van der Waals surface area contributed by atoms with Crippen LogP contribution >= 0.6 is 0 Å². The summed E-state index contributed by atoms with van der Waals surface area (Å²) in [6.07, 6.45) is 10.6. The molecule has 3 rings (SSSR count). The van der Waals surface area contributed by atoms with Crippen LogP contribution in [0.1, 0.15) is 44.1 Å². The third kappa shape index (κ3) is 3.46. The van der Waals surface area contributed by atoms with Crippen molar-refractivity contribution < 1.29 is 9.90 Å². The van der Waals surface area contributed by atoms with Crippen molar-refractivity contribution in [3.05, 3.63) is 24.0 Å². The highest BCUT2D eigenvalue weighted by Gasteiger charge is 2.39. The molecule has 2 atom stereocenters. The van der Waals surface area contributed by atoms with Crippen molar-refractivity contribution in [1.29, 1.82) is 0 Å². The molecule has 1 saturated carbocycles. The third-order valence-electron chi connectivity index (χ3n) is 5.11. The Hall–Kier alpha value is -1.49. The Morgan fingerprint density at radius 1 is 1.36 bits per heavy atom. The molecule has 2 unspecified atom stereocenters. The average molecular weight is 305 g/mol. The van der Waals surface area contributed by atoms with Crippen LogP contribution in [0.4, 0.5) is 4.79 Å². The van der Waals surface area contributed by atoms with Crippen molar-refractivity contribution in [2.45, 2.75) is 57.2 Å². The molecule has 0 bridgehead atoms. The van der Waals surface area contributed by atoms with Gasteiger partial charge in [0.25, 0.3) is 0 Å². The number of urea groups is 1. The van der Waals surface area contributed by atoms with Gasteiger partial charge in [-0.05, 0) is 36.8 Å². The summed E-state index contributed by atoms with van der Waals surface area (Å²) in [5, 5.41) is 13.0. The molecule has 2 aliphatic rings. The third-order valence-corrected chi connectivity index (χ3v) is 5.11. The van der Waals surface area contributed by atoms with Crippen LogP contribution in [-0.4, -0.2) is 39.3 Å². The van der Waals surface area contributed by atoms with Crippen LogP contribution in [0.15, 0.2) is 18.5 Å². The Kier molecular flexibility index (Phi) is 4.71. The van der Waals surface area contributed by atoms with Crippen LogP contribution in [0.3, 0.4) is 0 Å². The molecule has 2 fully saturated rings. The molecule has 2 heterocycles. The molecule has 5 heteroatoms. The highest BCUT2D eigenvalue weighted by Crippen LogP contribution is 2.34. The number of hydrogen-bond acceptors (Lipinski definition) is 2. The number of aromatic nitrogens is 1. The van der Waals surface area contributed by atoms with Gasteiger partial charge in [-0.3, -0.25) is 0 Å². The van der Waals surface area contributed by atoms with Crippen LogP contribution in [0.5, 0.6) is 0 Å². The summed E-state index contributed by atoms with van der Waals surface area (Å²) in [5.41, 5.74) is 1.10.